The number of rotatable bonds is 11. The Bertz CT molecular complexity index is 1110. The molecule has 198 valence electrons. The maximum atomic E-state index is 13.6. The highest BCUT2D eigenvalue weighted by Gasteiger charge is 2.46. The molecule has 0 bridgehead atoms. The topological polar surface area (TPSA) is 188 Å². The zero-order valence-electron chi connectivity index (χ0n) is 20.1. The van der Waals surface area contributed by atoms with Gasteiger partial charge in [0.05, 0.1) is 18.4 Å². The van der Waals surface area contributed by atoms with E-state index in [1.165, 1.54) is 13.3 Å². The minimum atomic E-state index is -4.22. The van der Waals surface area contributed by atoms with E-state index in [9.17, 15) is 24.7 Å². The number of nitrogens with zero attached hydrogens (tertiary/aromatic N) is 2. The Hall–Kier alpha value is -2.93. The fraction of sp³-hybridized carbons (Fsp3) is 0.455. The second kappa shape index (κ2) is 11.4. The Morgan fingerprint density at radius 1 is 1.28 bits per heavy atom. The number of ether oxygens (including phenoxy) is 2. The van der Waals surface area contributed by atoms with Gasteiger partial charge in [0, 0.05) is 0 Å². The van der Waals surface area contributed by atoms with Crippen LogP contribution in [0, 0.1) is 0 Å². The highest BCUT2D eigenvalue weighted by molar-refractivity contribution is 7.52. The van der Waals surface area contributed by atoms with Crippen LogP contribution in [0.5, 0.6) is 11.6 Å². The monoisotopic (exact) mass is 526 g/mol. The third kappa shape index (κ3) is 6.44. The summed E-state index contributed by atoms with van der Waals surface area (Å²) in [5, 5.41) is 33.9. The quantitative estimate of drug-likeness (QED) is 0.209. The number of carbonyl (C=O) groups excluding carboxylic acids is 1. The van der Waals surface area contributed by atoms with Crippen molar-refractivity contribution in [1.29, 1.82) is 0 Å². The highest BCUT2D eigenvalue weighted by Crippen LogP contribution is 2.46. The van der Waals surface area contributed by atoms with E-state index < -0.39 is 62.9 Å². The number of esters is 1. The van der Waals surface area contributed by atoms with Crippen molar-refractivity contribution >= 4 is 19.4 Å². The maximum Gasteiger partial charge on any atom is 0.459 e. The number of aliphatic hydroxyl groups is 2. The lowest BCUT2D eigenvalue weighted by Crippen LogP contribution is -2.38. The van der Waals surface area contributed by atoms with Gasteiger partial charge in [-0.05, 0) is 32.9 Å². The number of hydrogen-bond donors (Lipinski definition) is 5. The molecule has 0 amide bonds. The fourth-order valence-corrected chi connectivity index (χ4v) is 4.87. The van der Waals surface area contributed by atoms with E-state index in [4.69, 9.17) is 24.3 Å². The van der Waals surface area contributed by atoms with E-state index in [-0.39, 0.29) is 17.1 Å². The Labute approximate surface area is 208 Å². The van der Waals surface area contributed by atoms with E-state index in [1.807, 2.05) is 0 Å². The van der Waals surface area contributed by atoms with Crippen LogP contribution in [0.1, 0.15) is 32.7 Å². The van der Waals surface area contributed by atoms with Gasteiger partial charge in [-0.3, -0.25) is 13.9 Å². The molecule has 1 aliphatic rings. The molecule has 13 nitrogen and oxygen atoms in total. The van der Waals surface area contributed by atoms with Crippen molar-refractivity contribution in [2.24, 2.45) is 5.73 Å². The summed E-state index contributed by atoms with van der Waals surface area (Å²) in [4.78, 5) is 16.2. The molecule has 0 saturated carbocycles. The molecule has 1 fully saturated rings. The largest absolute Gasteiger partial charge is 0.493 e. The molecule has 6 atom stereocenters. The minimum absolute atomic E-state index is 0.00523. The molecule has 1 aromatic heterocycles. The number of aromatic nitrogens is 2. The van der Waals surface area contributed by atoms with Crippen LogP contribution in [-0.4, -0.2) is 67.9 Å². The minimum Gasteiger partial charge on any atom is -0.493 e. The van der Waals surface area contributed by atoms with Crippen LogP contribution >= 0.6 is 7.75 Å². The van der Waals surface area contributed by atoms with Crippen molar-refractivity contribution in [1.82, 2.24) is 14.6 Å². The van der Waals surface area contributed by atoms with Crippen LogP contribution in [0.15, 0.2) is 43.2 Å². The molecule has 0 radical (unpaired) electrons. The lowest BCUT2D eigenvalue weighted by molar-refractivity contribution is -0.149. The Kier molecular flexibility index (Phi) is 8.77. The number of nitrogens with one attached hydrogen (secondary N) is 1. The summed E-state index contributed by atoms with van der Waals surface area (Å²) in [6, 6.07) is 7.06. The number of hydrogen-bond acceptors (Lipinski definition) is 11. The van der Waals surface area contributed by atoms with Gasteiger partial charge < -0.3 is 35.1 Å². The lowest BCUT2D eigenvalue weighted by Gasteiger charge is -2.25. The van der Waals surface area contributed by atoms with Crippen molar-refractivity contribution < 1.29 is 43.2 Å². The van der Waals surface area contributed by atoms with Crippen LogP contribution < -0.4 is 15.3 Å². The van der Waals surface area contributed by atoms with E-state index in [0.29, 0.717) is 0 Å². The zero-order valence-corrected chi connectivity index (χ0v) is 20.9. The predicted octanol–water partition coefficient (Wildman–Crippen LogP) is 1.27. The highest BCUT2D eigenvalue weighted by atomic mass is 31.2. The number of benzene rings is 1. The van der Waals surface area contributed by atoms with Crippen molar-refractivity contribution in [2.75, 3.05) is 6.61 Å². The molecule has 1 saturated heterocycles. The maximum absolute atomic E-state index is 13.6. The standard InChI is InChI=1S/C22H31N4O9P/c1-12(2)33-22(30)14(4)25-36(31,35-15-8-6-5-7-9-15)32-10-16-18(27)19(28)21(34-16)26-11-24-17(13(3)23)20(26)29/h5-9,11-12,14,16,18-19,21,27-29H,3,10,23H2,1-2,4H3,(H,25,31)/t14-,16+,18+,19+,21+,36?/m0/s1. The first-order valence-corrected chi connectivity index (χ1v) is 12.7. The van der Waals surface area contributed by atoms with E-state index in [0.717, 1.165) is 4.57 Å². The van der Waals surface area contributed by atoms with Gasteiger partial charge in [0.25, 0.3) is 0 Å². The van der Waals surface area contributed by atoms with Crippen molar-refractivity contribution in [3.8, 4) is 11.6 Å². The van der Waals surface area contributed by atoms with E-state index >= 15 is 0 Å². The molecule has 2 heterocycles. The van der Waals surface area contributed by atoms with Gasteiger partial charge in [-0.1, -0.05) is 24.8 Å². The van der Waals surface area contributed by atoms with Gasteiger partial charge in [0.1, 0.15) is 42.1 Å². The molecule has 1 aliphatic heterocycles. The third-order valence-electron chi connectivity index (χ3n) is 5.12. The third-order valence-corrected chi connectivity index (χ3v) is 6.76. The molecule has 1 aromatic carbocycles. The van der Waals surface area contributed by atoms with Gasteiger partial charge in [0.2, 0.25) is 5.88 Å². The van der Waals surface area contributed by atoms with Gasteiger partial charge in [-0.25, -0.2) is 9.55 Å². The zero-order chi connectivity index (χ0) is 26.6. The van der Waals surface area contributed by atoms with Crippen molar-refractivity contribution in [3.63, 3.8) is 0 Å². The number of aromatic hydroxyl groups is 1. The molecular weight excluding hydrogens is 495 g/mol. The molecule has 0 spiro atoms. The average molecular weight is 526 g/mol. The first kappa shape index (κ1) is 27.7. The Balaban J connectivity index is 1.75. The van der Waals surface area contributed by atoms with Crippen LogP contribution in [0.3, 0.4) is 0 Å². The first-order valence-electron chi connectivity index (χ1n) is 11.1. The summed E-state index contributed by atoms with van der Waals surface area (Å²) in [5.74, 6) is -0.898. The molecule has 36 heavy (non-hydrogen) atoms. The molecule has 6 N–H and O–H groups in total. The van der Waals surface area contributed by atoms with Gasteiger partial charge in [-0.2, -0.15) is 5.09 Å². The molecule has 3 rings (SSSR count). The first-order chi connectivity index (χ1) is 16.9. The van der Waals surface area contributed by atoms with Crippen LogP contribution in [-0.2, 0) is 23.4 Å². The number of imidazole rings is 1. The Morgan fingerprint density at radius 2 is 1.94 bits per heavy atom. The normalized spacial score (nSPS) is 24.3. The number of nitrogens with two attached hydrogens (primary N) is 1. The van der Waals surface area contributed by atoms with Crippen LogP contribution in [0.2, 0.25) is 0 Å². The molecule has 14 heteroatoms. The SMILES string of the molecule is C=C(N)c1ncn([C@@H]2O[C@H](COP(=O)(N[C@@H](C)C(=O)OC(C)C)Oc3ccccc3)[C@@H](O)[C@H]2O)c1O. The second-order valence-corrected chi connectivity index (χ2v) is 10.1. The predicted molar refractivity (Wildman–Crippen MR) is 127 cm³/mol. The summed E-state index contributed by atoms with van der Waals surface area (Å²) in [6.45, 7) is 7.77. The van der Waals surface area contributed by atoms with Gasteiger partial charge in [0.15, 0.2) is 6.23 Å². The average Bonchev–Trinajstić information content (AvgIpc) is 3.32. The summed E-state index contributed by atoms with van der Waals surface area (Å²) in [6.07, 6.45) is -4.66. The summed E-state index contributed by atoms with van der Waals surface area (Å²) < 4.78 is 36.5. The summed E-state index contributed by atoms with van der Waals surface area (Å²) in [5.41, 5.74) is 5.56. The molecule has 2 aromatic rings. The summed E-state index contributed by atoms with van der Waals surface area (Å²) in [7, 11) is -4.22. The van der Waals surface area contributed by atoms with Crippen molar-refractivity contribution in [2.45, 2.75) is 57.5 Å². The van der Waals surface area contributed by atoms with Crippen molar-refractivity contribution in [3.05, 3.63) is 48.9 Å². The number of para-hydroxylation sites is 1. The fourth-order valence-electron chi connectivity index (χ4n) is 3.37. The molecule has 0 aliphatic carbocycles. The van der Waals surface area contributed by atoms with E-state index in [1.54, 1.807) is 44.2 Å². The van der Waals surface area contributed by atoms with E-state index in [2.05, 4.69) is 16.7 Å². The van der Waals surface area contributed by atoms with Gasteiger partial charge >= 0.3 is 13.7 Å². The molecule has 1 unspecified atom stereocenters. The number of aliphatic hydroxyl groups excluding tert-OH is 2. The van der Waals surface area contributed by atoms with Gasteiger partial charge in [-0.15, -0.1) is 0 Å². The Morgan fingerprint density at radius 3 is 2.53 bits per heavy atom. The van der Waals surface area contributed by atoms with Crippen LogP contribution in [0.25, 0.3) is 5.70 Å². The number of carbonyl (C=O) groups is 1. The lowest BCUT2D eigenvalue weighted by atomic mass is 10.1. The smallest absolute Gasteiger partial charge is 0.459 e. The summed E-state index contributed by atoms with van der Waals surface area (Å²) >= 11 is 0. The molecular formula is C22H31N4O9P. The second-order valence-electron chi connectivity index (χ2n) is 8.43. The van der Waals surface area contributed by atoms with Crippen LogP contribution in [0.4, 0.5) is 0 Å².